The highest BCUT2D eigenvalue weighted by molar-refractivity contribution is 7.94. The summed E-state index contributed by atoms with van der Waals surface area (Å²) in [6.45, 7) is 0.376. The Morgan fingerprint density at radius 2 is 2.00 bits per heavy atom. The minimum Gasteiger partial charge on any atom is -0.480 e. The number of rotatable bonds is 5. The zero-order chi connectivity index (χ0) is 18.7. The van der Waals surface area contributed by atoms with E-state index in [9.17, 15) is 23.1 Å². The fourth-order valence-corrected chi connectivity index (χ4v) is 4.98. The number of aliphatic carboxylic acids is 1. The molecule has 138 valence electrons. The quantitative estimate of drug-likeness (QED) is 0.811. The first-order valence-corrected chi connectivity index (χ1v) is 10.4. The number of likely N-dealkylation sites (tertiary alicyclic amines) is 1. The maximum Gasteiger partial charge on any atom is 0.326 e. The molecule has 0 saturated carbocycles. The number of nitrogens with one attached hydrogen (secondary N) is 1. The van der Waals surface area contributed by atoms with Crippen molar-refractivity contribution in [3.8, 4) is 0 Å². The maximum absolute atomic E-state index is 12.7. The molecule has 2 N–H and O–H groups in total. The molecule has 7 nitrogen and oxygen atoms in total. The van der Waals surface area contributed by atoms with Crippen LogP contribution in [-0.4, -0.2) is 42.9 Å². The first kappa shape index (κ1) is 18.4. The van der Waals surface area contributed by atoms with E-state index in [0.717, 1.165) is 24.2 Å². The number of sulfonamides is 1. The van der Waals surface area contributed by atoms with E-state index in [-0.39, 0.29) is 15.5 Å². The van der Waals surface area contributed by atoms with Gasteiger partial charge in [-0.25, -0.2) is 13.2 Å². The molecule has 0 spiro atoms. The summed E-state index contributed by atoms with van der Waals surface area (Å²) >= 11 is 1.09. The van der Waals surface area contributed by atoms with Crippen molar-refractivity contribution in [2.45, 2.75) is 29.5 Å². The van der Waals surface area contributed by atoms with Gasteiger partial charge in [-0.2, -0.15) is 0 Å². The number of hydrogen-bond acceptors (Lipinski definition) is 5. The van der Waals surface area contributed by atoms with E-state index in [2.05, 4.69) is 4.72 Å². The molecule has 26 heavy (non-hydrogen) atoms. The second-order valence-electron chi connectivity index (χ2n) is 5.97. The highest BCUT2D eigenvalue weighted by Gasteiger charge is 2.32. The number of anilines is 1. The van der Waals surface area contributed by atoms with Crippen molar-refractivity contribution in [2.24, 2.45) is 0 Å². The molecule has 1 aliphatic heterocycles. The summed E-state index contributed by atoms with van der Waals surface area (Å²) in [7, 11) is -3.71. The molecule has 1 unspecified atom stereocenters. The third-order valence-corrected chi connectivity index (χ3v) is 6.95. The Balaban J connectivity index is 1.83. The molecule has 1 aromatic carbocycles. The highest BCUT2D eigenvalue weighted by atomic mass is 32.2. The summed E-state index contributed by atoms with van der Waals surface area (Å²) in [4.78, 5) is 25.5. The van der Waals surface area contributed by atoms with Crippen LogP contribution in [0.2, 0.25) is 0 Å². The highest BCUT2D eigenvalue weighted by Crippen LogP contribution is 2.23. The number of nitrogens with zero attached hydrogens (tertiary/aromatic N) is 1. The molecule has 0 bridgehead atoms. The minimum atomic E-state index is -3.71. The number of carbonyl (C=O) groups excluding carboxylic acids is 1. The Hall–Kier alpha value is -2.39. The van der Waals surface area contributed by atoms with Gasteiger partial charge in [-0.1, -0.05) is 12.1 Å². The van der Waals surface area contributed by atoms with E-state index in [4.69, 9.17) is 0 Å². The van der Waals surface area contributed by atoms with Crippen molar-refractivity contribution in [3.05, 3.63) is 47.3 Å². The molecule has 9 heteroatoms. The van der Waals surface area contributed by atoms with E-state index in [1.807, 2.05) is 0 Å². The Kier molecular flexibility index (Phi) is 5.28. The number of piperidine rings is 1. The van der Waals surface area contributed by atoms with Gasteiger partial charge in [0, 0.05) is 17.8 Å². The van der Waals surface area contributed by atoms with Gasteiger partial charge in [0.15, 0.2) is 0 Å². The third kappa shape index (κ3) is 3.88. The van der Waals surface area contributed by atoms with Gasteiger partial charge in [-0.3, -0.25) is 9.52 Å². The molecule has 2 heterocycles. The first-order chi connectivity index (χ1) is 12.4. The van der Waals surface area contributed by atoms with E-state index in [1.165, 1.54) is 17.0 Å². The van der Waals surface area contributed by atoms with Gasteiger partial charge in [0.25, 0.3) is 15.9 Å². The minimum absolute atomic E-state index is 0.177. The largest absolute Gasteiger partial charge is 0.480 e. The topological polar surface area (TPSA) is 104 Å². The van der Waals surface area contributed by atoms with Crippen LogP contribution in [0.25, 0.3) is 0 Å². The lowest BCUT2D eigenvalue weighted by molar-refractivity contribution is -0.143. The predicted molar refractivity (Wildman–Crippen MR) is 97.9 cm³/mol. The standard InChI is InChI=1S/C17H18N2O5S2/c20-16(19-9-2-1-7-14(19)17(21)22)12-5-3-6-13(11-12)18-26(23,24)15-8-4-10-25-15/h3-6,8,10-11,14,18H,1-2,7,9H2,(H,21,22). The van der Waals surface area contributed by atoms with E-state index in [1.54, 1.807) is 29.6 Å². The van der Waals surface area contributed by atoms with E-state index < -0.39 is 27.9 Å². The van der Waals surface area contributed by atoms with E-state index in [0.29, 0.717) is 13.0 Å². The van der Waals surface area contributed by atoms with Crippen LogP contribution in [0.1, 0.15) is 29.6 Å². The molecule has 3 rings (SSSR count). The van der Waals surface area contributed by atoms with Crippen molar-refractivity contribution in [1.29, 1.82) is 0 Å². The maximum atomic E-state index is 12.7. The summed E-state index contributed by atoms with van der Waals surface area (Å²) in [6, 6.07) is 8.39. The number of benzene rings is 1. The molecular weight excluding hydrogens is 376 g/mol. The molecule has 1 amide bonds. The first-order valence-electron chi connectivity index (χ1n) is 8.08. The molecule has 1 aliphatic rings. The van der Waals surface area contributed by atoms with Crippen LogP contribution in [0.4, 0.5) is 5.69 Å². The summed E-state index contributed by atoms with van der Waals surface area (Å²) in [5, 5.41) is 11.0. The van der Waals surface area contributed by atoms with Crippen molar-refractivity contribution >= 4 is 38.9 Å². The van der Waals surface area contributed by atoms with Crippen molar-refractivity contribution in [3.63, 3.8) is 0 Å². The second-order valence-corrected chi connectivity index (χ2v) is 8.82. The third-order valence-electron chi connectivity index (χ3n) is 4.17. The summed E-state index contributed by atoms with van der Waals surface area (Å²) in [5.41, 5.74) is 0.512. The van der Waals surface area contributed by atoms with Gasteiger partial charge in [0.1, 0.15) is 10.3 Å². The van der Waals surface area contributed by atoms with Crippen LogP contribution in [0.5, 0.6) is 0 Å². The van der Waals surface area contributed by atoms with E-state index >= 15 is 0 Å². The van der Waals surface area contributed by atoms with Gasteiger partial charge < -0.3 is 10.0 Å². The van der Waals surface area contributed by atoms with Crippen LogP contribution in [0, 0.1) is 0 Å². The van der Waals surface area contributed by atoms with Crippen LogP contribution < -0.4 is 4.72 Å². The summed E-state index contributed by atoms with van der Waals surface area (Å²) in [5.74, 6) is -1.43. The van der Waals surface area contributed by atoms with Gasteiger partial charge in [0.05, 0.1) is 0 Å². The van der Waals surface area contributed by atoms with Crippen LogP contribution in [0.3, 0.4) is 0 Å². The normalized spacial score (nSPS) is 17.7. The van der Waals surface area contributed by atoms with Crippen LogP contribution in [-0.2, 0) is 14.8 Å². The van der Waals surface area contributed by atoms with Crippen molar-refractivity contribution in [2.75, 3.05) is 11.3 Å². The zero-order valence-corrected chi connectivity index (χ0v) is 15.4. The van der Waals surface area contributed by atoms with Gasteiger partial charge >= 0.3 is 5.97 Å². The number of carbonyl (C=O) groups is 2. The molecule has 0 radical (unpaired) electrons. The van der Waals surface area contributed by atoms with Gasteiger partial charge in [0.2, 0.25) is 0 Å². The van der Waals surface area contributed by atoms with Gasteiger partial charge in [-0.05, 0) is 48.9 Å². The Bertz CT molecular complexity index is 909. The molecule has 1 aromatic heterocycles. The average molecular weight is 394 g/mol. The fourth-order valence-electron chi connectivity index (χ4n) is 2.93. The Labute approximate surface area is 155 Å². The summed E-state index contributed by atoms with van der Waals surface area (Å²) < 4.78 is 27.3. The number of hydrogen-bond donors (Lipinski definition) is 2. The second kappa shape index (κ2) is 7.46. The Morgan fingerprint density at radius 3 is 2.69 bits per heavy atom. The van der Waals surface area contributed by atoms with Gasteiger partial charge in [-0.15, -0.1) is 11.3 Å². The fraction of sp³-hybridized carbons (Fsp3) is 0.294. The SMILES string of the molecule is O=C(O)C1CCCCN1C(=O)c1cccc(NS(=O)(=O)c2cccs2)c1. The number of carboxylic acid groups (broad SMARTS) is 1. The molecule has 2 aromatic rings. The number of carboxylic acids is 1. The smallest absolute Gasteiger partial charge is 0.326 e. The lowest BCUT2D eigenvalue weighted by Crippen LogP contribution is -2.48. The molecule has 0 aliphatic carbocycles. The molecule has 1 atom stereocenters. The zero-order valence-electron chi connectivity index (χ0n) is 13.8. The molecule has 1 fully saturated rings. The lowest BCUT2D eigenvalue weighted by atomic mass is 10.0. The molecule has 1 saturated heterocycles. The number of amides is 1. The lowest BCUT2D eigenvalue weighted by Gasteiger charge is -2.33. The Morgan fingerprint density at radius 1 is 1.19 bits per heavy atom. The number of thiophene rings is 1. The average Bonchev–Trinajstić information content (AvgIpc) is 3.16. The van der Waals surface area contributed by atoms with Crippen LogP contribution in [0.15, 0.2) is 46.0 Å². The monoisotopic (exact) mass is 394 g/mol. The van der Waals surface area contributed by atoms with Crippen molar-refractivity contribution in [1.82, 2.24) is 4.90 Å². The summed E-state index contributed by atoms with van der Waals surface area (Å²) in [6.07, 6.45) is 1.94. The van der Waals surface area contributed by atoms with Crippen molar-refractivity contribution < 1.29 is 23.1 Å². The molecular formula is C17H18N2O5S2. The predicted octanol–water partition coefficient (Wildman–Crippen LogP) is 2.63. The van der Waals surface area contributed by atoms with Crippen LogP contribution >= 0.6 is 11.3 Å².